The highest BCUT2D eigenvalue weighted by atomic mass is 16.3. The number of nitrogens with zero attached hydrogens (tertiary/aromatic N) is 3. The molecule has 0 bridgehead atoms. The van der Waals surface area contributed by atoms with Crippen molar-refractivity contribution in [3.8, 4) is 45.1 Å². The molecule has 0 atom stereocenters. The molecule has 7 aromatic rings. The Morgan fingerprint density at radius 3 is 1.51 bits per heavy atom. The smallest absolute Gasteiger partial charge is 0.227 e. The number of aryl methyl sites for hydroxylation is 2. The minimum atomic E-state index is 0.631. The molecule has 186 valence electrons. The van der Waals surface area contributed by atoms with Crippen LogP contribution < -0.4 is 0 Å². The molecule has 0 amide bonds. The van der Waals surface area contributed by atoms with Crippen LogP contribution in [0.15, 0.2) is 120 Å². The first-order chi connectivity index (χ1) is 19.1. The van der Waals surface area contributed by atoms with Crippen LogP contribution in [0.5, 0.6) is 0 Å². The van der Waals surface area contributed by atoms with Gasteiger partial charge < -0.3 is 4.42 Å². The van der Waals surface area contributed by atoms with Gasteiger partial charge in [0.2, 0.25) is 5.89 Å². The van der Waals surface area contributed by atoms with Gasteiger partial charge in [-0.3, -0.25) is 0 Å². The highest BCUT2D eigenvalue weighted by Gasteiger charge is 2.15. The van der Waals surface area contributed by atoms with Gasteiger partial charge in [0.05, 0.1) is 22.4 Å². The van der Waals surface area contributed by atoms with Crippen molar-refractivity contribution in [2.75, 3.05) is 0 Å². The quantitative estimate of drug-likeness (QED) is 0.240. The van der Waals surface area contributed by atoms with E-state index >= 15 is 0 Å². The fraction of sp³-hybridized carbons (Fsp3) is 0.0571. The van der Waals surface area contributed by atoms with Gasteiger partial charge in [-0.2, -0.15) is 0 Å². The molecular weight excluding hydrogens is 478 g/mol. The van der Waals surface area contributed by atoms with Crippen molar-refractivity contribution in [1.29, 1.82) is 0 Å². The number of para-hydroxylation sites is 2. The molecule has 39 heavy (non-hydrogen) atoms. The number of hydrogen-bond donors (Lipinski definition) is 0. The van der Waals surface area contributed by atoms with Gasteiger partial charge in [-0.05, 0) is 72.5 Å². The maximum atomic E-state index is 5.93. The van der Waals surface area contributed by atoms with Gasteiger partial charge in [-0.25, -0.2) is 15.0 Å². The van der Waals surface area contributed by atoms with Gasteiger partial charge in [0.1, 0.15) is 5.52 Å². The monoisotopic (exact) mass is 503 g/mol. The SMILES string of the molecule is Cc1cc2nc(-c3ccccc3)c(-c3ccc(-c4ccc(-c5nc6ccccc6o5)cc4)cc3)nc2cc1C. The highest BCUT2D eigenvalue weighted by Crippen LogP contribution is 2.33. The predicted octanol–water partition coefficient (Wildman–Crippen LogP) is 9.06. The molecule has 0 fully saturated rings. The van der Waals surface area contributed by atoms with E-state index in [4.69, 9.17) is 14.4 Å². The first-order valence-corrected chi connectivity index (χ1v) is 13.0. The lowest BCUT2D eigenvalue weighted by atomic mass is 9.99. The molecule has 0 spiro atoms. The standard InChI is InChI=1S/C35H25N3O/c1-22-20-30-31(21-23(22)2)37-34(33(36-30)26-8-4-3-5-9-26)27-16-12-24(13-17-27)25-14-18-28(19-15-25)35-38-29-10-6-7-11-32(29)39-35/h3-21H,1-2H3. The summed E-state index contributed by atoms with van der Waals surface area (Å²) in [6, 6.07) is 39.2. The molecule has 0 aliphatic carbocycles. The van der Waals surface area contributed by atoms with Crippen LogP contribution in [0, 0.1) is 13.8 Å². The van der Waals surface area contributed by atoms with E-state index < -0.39 is 0 Å². The minimum Gasteiger partial charge on any atom is -0.436 e. The van der Waals surface area contributed by atoms with Crippen LogP contribution in [0.25, 0.3) is 67.2 Å². The fourth-order valence-corrected chi connectivity index (χ4v) is 4.93. The second-order valence-electron chi connectivity index (χ2n) is 9.85. The van der Waals surface area contributed by atoms with Crippen LogP contribution >= 0.6 is 0 Å². The van der Waals surface area contributed by atoms with Crippen LogP contribution in [0.3, 0.4) is 0 Å². The van der Waals surface area contributed by atoms with Crippen LogP contribution in [-0.2, 0) is 0 Å². The van der Waals surface area contributed by atoms with Gasteiger partial charge >= 0.3 is 0 Å². The summed E-state index contributed by atoms with van der Waals surface area (Å²) in [6.45, 7) is 4.23. The van der Waals surface area contributed by atoms with Crippen molar-refractivity contribution in [2.45, 2.75) is 13.8 Å². The van der Waals surface area contributed by atoms with Crippen LogP contribution in [0.1, 0.15) is 11.1 Å². The predicted molar refractivity (Wildman–Crippen MR) is 158 cm³/mol. The maximum absolute atomic E-state index is 5.93. The second-order valence-corrected chi connectivity index (χ2v) is 9.85. The normalized spacial score (nSPS) is 11.3. The molecule has 4 heteroatoms. The van der Waals surface area contributed by atoms with E-state index in [0.717, 1.165) is 61.3 Å². The van der Waals surface area contributed by atoms with Crippen LogP contribution in [-0.4, -0.2) is 15.0 Å². The summed E-state index contributed by atoms with van der Waals surface area (Å²) < 4.78 is 5.93. The number of benzene rings is 5. The van der Waals surface area contributed by atoms with E-state index in [1.54, 1.807) is 0 Å². The Bertz CT molecular complexity index is 1920. The first kappa shape index (κ1) is 23.1. The highest BCUT2D eigenvalue weighted by molar-refractivity contribution is 5.87. The summed E-state index contributed by atoms with van der Waals surface area (Å²) in [5.74, 6) is 0.631. The van der Waals surface area contributed by atoms with Crippen molar-refractivity contribution in [1.82, 2.24) is 15.0 Å². The van der Waals surface area contributed by atoms with Gasteiger partial charge in [-0.15, -0.1) is 0 Å². The molecule has 0 saturated carbocycles. The average molecular weight is 504 g/mol. The van der Waals surface area contributed by atoms with Gasteiger partial charge in [0.15, 0.2) is 5.58 Å². The number of rotatable bonds is 4. The van der Waals surface area contributed by atoms with Crippen LogP contribution in [0.4, 0.5) is 0 Å². The van der Waals surface area contributed by atoms with Crippen molar-refractivity contribution < 1.29 is 4.42 Å². The Morgan fingerprint density at radius 2 is 0.923 bits per heavy atom. The fourth-order valence-electron chi connectivity index (χ4n) is 4.93. The third kappa shape index (κ3) is 4.26. The Labute approximate surface area is 226 Å². The molecule has 0 radical (unpaired) electrons. The zero-order chi connectivity index (χ0) is 26.3. The summed E-state index contributed by atoms with van der Waals surface area (Å²) in [5, 5.41) is 0. The zero-order valence-corrected chi connectivity index (χ0v) is 21.7. The average Bonchev–Trinajstić information content (AvgIpc) is 3.42. The molecule has 0 aliphatic rings. The van der Waals surface area contributed by atoms with Gasteiger partial charge in [0.25, 0.3) is 0 Å². The Kier molecular flexibility index (Phi) is 5.52. The molecule has 0 N–H and O–H groups in total. The van der Waals surface area contributed by atoms with E-state index in [1.807, 2.05) is 42.5 Å². The van der Waals surface area contributed by atoms with Crippen molar-refractivity contribution in [3.63, 3.8) is 0 Å². The molecule has 2 heterocycles. The molecule has 0 saturated heterocycles. The summed E-state index contributed by atoms with van der Waals surface area (Å²) >= 11 is 0. The Morgan fingerprint density at radius 1 is 0.436 bits per heavy atom. The molecule has 4 nitrogen and oxygen atoms in total. The summed E-state index contributed by atoms with van der Waals surface area (Å²) in [7, 11) is 0. The second kappa shape index (κ2) is 9.34. The maximum Gasteiger partial charge on any atom is 0.227 e. The molecule has 0 unspecified atom stereocenters. The van der Waals surface area contributed by atoms with Gasteiger partial charge in [-0.1, -0.05) is 78.9 Å². The third-order valence-electron chi connectivity index (χ3n) is 7.24. The Hall–Kier alpha value is -5.09. The number of aromatic nitrogens is 3. The van der Waals surface area contributed by atoms with E-state index in [1.165, 1.54) is 11.1 Å². The molecule has 7 rings (SSSR count). The number of hydrogen-bond acceptors (Lipinski definition) is 4. The van der Waals surface area contributed by atoms with Crippen molar-refractivity contribution in [2.24, 2.45) is 0 Å². The van der Waals surface area contributed by atoms with E-state index in [2.05, 4.69) is 91.6 Å². The zero-order valence-electron chi connectivity index (χ0n) is 21.7. The van der Waals surface area contributed by atoms with Crippen molar-refractivity contribution in [3.05, 3.63) is 126 Å². The molecule has 5 aromatic carbocycles. The number of oxazole rings is 1. The largest absolute Gasteiger partial charge is 0.436 e. The van der Waals surface area contributed by atoms with Gasteiger partial charge in [0, 0.05) is 16.7 Å². The van der Waals surface area contributed by atoms with Crippen molar-refractivity contribution >= 4 is 22.1 Å². The number of fused-ring (bicyclic) bond motifs is 2. The van der Waals surface area contributed by atoms with Crippen LogP contribution in [0.2, 0.25) is 0 Å². The summed E-state index contributed by atoms with van der Waals surface area (Å²) in [5.41, 5.74) is 13.0. The summed E-state index contributed by atoms with van der Waals surface area (Å²) in [4.78, 5) is 14.8. The van der Waals surface area contributed by atoms with E-state index in [0.29, 0.717) is 5.89 Å². The first-order valence-electron chi connectivity index (χ1n) is 13.0. The molecule has 0 aliphatic heterocycles. The lowest BCUT2D eigenvalue weighted by Gasteiger charge is -2.12. The van der Waals surface area contributed by atoms with E-state index in [-0.39, 0.29) is 0 Å². The lowest BCUT2D eigenvalue weighted by Crippen LogP contribution is -1.97. The minimum absolute atomic E-state index is 0.631. The lowest BCUT2D eigenvalue weighted by molar-refractivity contribution is 0.620. The van der Waals surface area contributed by atoms with E-state index in [9.17, 15) is 0 Å². The third-order valence-corrected chi connectivity index (χ3v) is 7.24. The summed E-state index contributed by atoms with van der Waals surface area (Å²) in [6.07, 6.45) is 0. The molecule has 2 aromatic heterocycles. The topological polar surface area (TPSA) is 51.8 Å². The Balaban J connectivity index is 1.25. The molecular formula is C35H25N3O.